The first kappa shape index (κ1) is 22.5. The molecule has 0 bridgehead atoms. The number of amides is 3. The van der Waals surface area contributed by atoms with Gasteiger partial charge in [-0.2, -0.15) is 0 Å². The number of urea groups is 1. The molecule has 10 nitrogen and oxygen atoms in total. The molecular formula is C22H22N4O6. The lowest BCUT2D eigenvalue weighted by Crippen LogP contribution is -2.56. The Kier molecular flexibility index (Phi) is 6.53. The Morgan fingerprint density at radius 2 is 1.78 bits per heavy atom. The molecule has 2 unspecified atom stereocenters. The number of carboxylic acid groups (broad SMARTS) is 1. The van der Waals surface area contributed by atoms with E-state index in [1.165, 1.54) is 48.0 Å². The molecule has 1 aromatic heterocycles. The molecule has 3 rings (SSSR count). The van der Waals surface area contributed by atoms with Gasteiger partial charge >= 0.3 is 12.0 Å². The highest BCUT2D eigenvalue weighted by Gasteiger charge is 2.35. The topological polar surface area (TPSA) is 138 Å². The highest BCUT2D eigenvalue weighted by molar-refractivity contribution is 6.16. The zero-order chi connectivity index (χ0) is 23.4. The van der Waals surface area contributed by atoms with Gasteiger partial charge in [-0.1, -0.05) is 18.2 Å². The van der Waals surface area contributed by atoms with E-state index in [1.54, 1.807) is 30.3 Å². The molecule has 2 heterocycles. The van der Waals surface area contributed by atoms with Gasteiger partial charge in [-0.3, -0.25) is 23.7 Å². The van der Waals surface area contributed by atoms with Crippen LogP contribution in [0.3, 0.4) is 0 Å². The maximum absolute atomic E-state index is 12.6. The Morgan fingerprint density at radius 3 is 2.44 bits per heavy atom. The van der Waals surface area contributed by atoms with Crippen LogP contribution in [-0.4, -0.2) is 51.4 Å². The second-order valence-corrected chi connectivity index (χ2v) is 7.33. The molecule has 2 aromatic rings. The molecule has 0 saturated heterocycles. The number of hydrogen-bond donors (Lipinski definition) is 3. The van der Waals surface area contributed by atoms with Crippen LogP contribution in [-0.2, 0) is 14.4 Å². The van der Waals surface area contributed by atoms with Crippen molar-refractivity contribution in [2.75, 3.05) is 7.05 Å². The fourth-order valence-electron chi connectivity index (χ4n) is 3.35. The van der Waals surface area contributed by atoms with Crippen LogP contribution in [0.4, 0.5) is 4.79 Å². The molecule has 0 saturated carbocycles. The number of carboxylic acids is 1. The van der Waals surface area contributed by atoms with Crippen LogP contribution in [0, 0.1) is 0 Å². The summed E-state index contributed by atoms with van der Waals surface area (Å²) >= 11 is 0. The van der Waals surface area contributed by atoms with E-state index in [9.17, 15) is 29.1 Å². The van der Waals surface area contributed by atoms with E-state index in [0.29, 0.717) is 16.8 Å². The number of nitrogens with zero attached hydrogens (tertiary/aromatic N) is 2. The molecule has 0 spiro atoms. The lowest BCUT2D eigenvalue weighted by atomic mass is 10.0. The highest BCUT2D eigenvalue weighted by Crippen LogP contribution is 2.18. The first-order valence-electron chi connectivity index (χ1n) is 9.73. The summed E-state index contributed by atoms with van der Waals surface area (Å²) in [5, 5.41) is 14.1. The van der Waals surface area contributed by atoms with E-state index < -0.39 is 42.2 Å². The Morgan fingerprint density at radius 1 is 1.09 bits per heavy atom. The smallest absolute Gasteiger partial charge is 0.316 e. The Hall–Kier alpha value is -4.21. The number of carbonyl (C=O) groups excluding carboxylic acids is 3. The van der Waals surface area contributed by atoms with E-state index in [4.69, 9.17) is 0 Å². The maximum Gasteiger partial charge on any atom is 0.316 e. The third-order valence-electron chi connectivity index (χ3n) is 4.96. The van der Waals surface area contributed by atoms with Crippen LogP contribution in [0.15, 0.2) is 65.2 Å². The number of para-hydroxylation sites is 1. The van der Waals surface area contributed by atoms with Crippen molar-refractivity contribution in [2.24, 2.45) is 0 Å². The number of likely N-dealkylation sites (N-methyl/N-ethyl adjacent to an activating group) is 1. The molecule has 0 fully saturated rings. The van der Waals surface area contributed by atoms with Gasteiger partial charge in [0.2, 0.25) is 0 Å². The number of ketones is 1. The zero-order valence-electron chi connectivity index (χ0n) is 17.4. The van der Waals surface area contributed by atoms with Gasteiger partial charge < -0.3 is 20.6 Å². The Bertz CT molecular complexity index is 1150. The van der Waals surface area contributed by atoms with Gasteiger partial charge in [0, 0.05) is 36.8 Å². The molecular weight excluding hydrogens is 416 g/mol. The normalized spacial score (nSPS) is 16.9. The van der Waals surface area contributed by atoms with E-state index in [2.05, 4.69) is 10.6 Å². The second kappa shape index (κ2) is 9.29. The first-order chi connectivity index (χ1) is 15.2. The highest BCUT2D eigenvalue weighted by atomic mass is 16.4. The third-order valence-corrected chi connectivity index (χ3v) is 4.96. The molecule has 166 valence electrons. The van der Waals surface area contributed by atoms with Gasteiger partial charge in [0.15, 0.2) is 11.8 Å². The van der Waals surface area contributed by atoms with Gasteiger partial charge in [0.05, 0.1) is 12.5 Å². The van der Waals surface area contributed by atoms with Crippen LogP contribution in [0.25, 0.3) is 5.69 Å². The average Bonchev–Trinajstić information content (AvgIpc) is 2.75. The fraction of sp³-hybridized carbons (Fsp3) is 0.227. The number of rotatable bonds is 6. The molecule has 1 aliphatic rings. The summed E-state index contributed by atoms with van der Waals surface area (Å²) in [6, 6.07) is 8.10. The number of carbonyl (C=O) groups is 4. The van der Waals surface area contributed by atoms with Gasteiger partial charge in [-0.25, -0.2) is 4.79 Å². The van der Waals surface area contributed by atoms with Crippen LogP contribution in [0.1, 0.15) is 24.9 Å². The number of aromatic nitrogens is 1. The van der Waals surface area contributed by atoms with Gasteiger partial charge in [0.1, 0.15) is 0 Å². The first-order valence-corrected chi connectivity index (χ1v) is 9.73. The number of hydrogen-bond acceptors (Lipinski definition) is 5. The predicted molar refractivity (Wildman–Crippen MR) is 114 cm³/mol. The van der Waals surface area contributed by atoms with Gasteiger partial charge in [-0.05, 0) is 30.7 Å². The van der Waals surface area contributed by atoms with E-state index in [0.717, 1.165) is 0 Å². The summed E-state index contributed by atoms with van der Waals surface area (Å²) in [6.45, 7) is 1.53. The summed E-state index contributed by atoms with van der Waals surface area (Å²) < 4.78 is 1.33. The molecule has 1 aromatic carbocycles. The predicted octanol–water partition coefficient (Wildman–Crippen LogP) is 0.966. The van der Waals surface area contributed by atoms with Crippen molar-refractivity contribution in [1.29, 1.82) is 0 Å². The lowest BCUT2D eigenvalue weighted by Gasteiger charge is -2.27. The minimum Gasteiger partial charge on any atom is -0.481 e. The molecule has 2 atom stereocenters. The van der Waals surface area contributed by atoms with Crippen LogP contribution >= 0.6 is 0 Å². The number of Topliss-reactive ketones (excluding diaryl/α,β-unsaturated/α-hetero) is 1. The molecule has 32 heavy (non-hydrogen) atoms. The molecule has 1 aliphatic heterocycles. The maximum atomic E-state index is 12.6. The van der Waals surface area contributed by atoms with Crippen molar-refractivity contribution in [3.8, 4) is 5.69 Å². The summed E-state index contributed by atoms with van der Waals surface area (Å²) in [7, 11) is 1.46. The fourth-order valence-corrected chi connectivity index (χ4v) is 3.35. The summed E-state index contributed by atoms with van der Waals surface area (Å²) in [4.78, 5) is 62.1. The number of nitrogens with one attached hydrogen (secondary N) is 2. The van der Waals surface area contributed by atoms with Crippen LogP contribution < -0.4 is 16.2 Å². The third kappa shape index (κ3) is 4.91. The van der Waals surface area contributed by atoms with Crippen molar-refractivity contribution in [3.05, 3.63) is 76.4 Å². The molecule has 3 amide bonds. The van der Waals surface area contributed by atoms with Gasteiger partial charge in [-0.15, -0.1) is 0 Å². The average molecular weight is 438 g/mol. The number of aliphatic carboxylic acids is 1. The Balaban J connectivity index is 1.85. The summed E-state index contributed by atoms with van der Waals surface area (Å²) in [5.41, 5.74) is 0.902. The van der Waals surface area contributed by atoms with Crippen molar-refractivity contribution < 1.29 is 24.3 Å². The SMILES string of the molecule is CC1=CN(C)C(=O)C(NC(=O)NC(CC(=O)O)c2ccc(=O)n(-c3ccccc3)c2)C1=O. The molecule has 0 aliphatic carbocycles. The van der Waals surface area contributed by atoms with Crippen molar-refractivity contribution in [2.45, 2.75) is 25.4 Å². The quantitative estimate of drug-likeness (QED) is 0.575. The number of benzene rings is 1. The summed E-state index contributed by atoms with van der Waals surface area (Å²) in [6.07, 6.45) is 2.34. The largest absolute Gasteiger partial charge is 0.481 e. The minimum atomic E-state index is -1.41. The van der Waals surface area contributed by atoms with E-state index in [-0.39, 0.29) is 5.56 Å². The van der Waals surface area contributed by atoms with Crippen LogP contribution in [0.2, 0.25) is 0 Å². The zero-order valence-corrected chi connectivity index (χ0v) is 17.4. The van der Waals surface area contributed by atoms with Crippen LogP contribution in [0.5, 0.6) is 0 Å². The monoisotopic (exact) mass is 438 g/mol. The standard InChI is InChI=1S/C22H22N4O6/c1-13-11-25(2)21(31)19(20(13)30)24-22(32)23-16(10-18(28)29)14-8-9-17(27)26(12-14)15-6-4-3-5-7-15/h3-9,11-12,16,19H,10H2,1-2H3,(H,28,29)(H2,23,24,32). The summed E-state index contributed by atoms with van der Waals surface area (Å²) in [5.74, 6) is -2.34. The van der Waals surface area contributed by atoms with Crippen molar-refractivity contribution >= 4 is 23.7 Å². The molecule has 0 radical (unpaired) electrons. The Labute approximate surface area is 183 Å². The van der Waals surface area contributed by atoms with Gasteiger partial charge in [0.25, 0.3) is 11.5 Å². The van der Waals surface area contributed by atoms with Crippen molar-refractivity contribution in [1.82, 2.24) is 20.1 Å². The lowest BCUT2D eigenvalue weighted by molar-refractivity contribution is -0.138. The van der Waals surface area contributed by atoms with E-state index in [1.807, 2.05) is 0 Å². The molecule has 3 N–H and O–H groups in total. The second-order valence-electron chi connectivity index (χ2n) is 7.33. The molecule has 10 heteroatoms. The minimum absolute atomic E-state index is 0.300. The van der Waals surface area contributed by atoms with E-state index >= 15 is 0 Å². The number of pyridine rings is 1. The van der Waals surface area contributed by atoms with Crippen molar-refractivity contribution in [3.63, 3.8) is 0 Å².